The van der Waals surface area contributed by atoms with E-state index in [1.54, 1.807) is 45.8 Å². The van der Waals surface area contributed by atoms with E-state index in [0.29, 0.717) is 77.4 Å². The van der Waals surface area contributed by atoms with Crippen LogP contribution in [0.4, 0.5) is 14.5 Å². The third-order valence-corrected chi connectivity index (χ3v) is 13.0. The van der Waals surface area contributed by atoms with Crippen molar-refractivity contribution >= 4 is 50.5 Å². The molecule has 318 valence electrons. The lowest BCUT2D eigenvalue weighted by Crippen LogP contribution is -2.61. The van der Waals surface area contributed by atoms with Crippen LogP contribution in [0.3, 0.4) is 0 Å². The number of pyridine rings is 2. The molecule has 0 saturated carbocycles. The predicted molar refractivity (Wildman–Crippen MR) is 221 cm³/mol. The maximum Gasteiger partial charge on any atom is 0.351 e. The smallest absolute Gasteiger partial charge is 0.351 e. The normalized spacial score (nSPS) is 20.2. The standard InChI is InChI=1S/C41H47F2N9O7S/c1-47(2)20-28-30(58-4)16-23(17-31(28)59-5)27-21-48(3)39(56)26-19-32(60-36(26)27)38(55)44-33-11-14-50(22-41(33,42)43)24-8-12-49(13-9-24)25-10-15-51-34(18-25)46-52(40(51)57)29-6-7-35(53)45-37(29)54/h10,15-19,21,24,29,33H,6-9,11-14,20,22H2,1-5H3,(H,44,55)(H,45,53,54). The number of anilines is 1. The molecule has 0 aliphatic carbocycles. The van der Waals surface area contributed by atoms with Crippen LogP contribution in [0.1, 0.15) is 53.4 Å². The van der Waals surface area contributed by atoms with E-state index in [2.05, 4.69) is 20.6 Å². The van der Waals surface area contributed by atoms with Gasteiger partial charge in [-0.3, -0.25) is 33.8 Å². The fourth-order valence-electron chi connectivity index (χ4n) is 8.65. The number of likely N-dealkylation sites (tertiary alicyclic amines) is 1. The number of nitrogens with zero attached hydrogens (tertiary/aromatic N) is 7. The number of carbonyl (C=O) groups excluding carboxylic acids is 3. The lowest BCUT2D eigenvalue weighted by molar-refractivity contribution is -0.136. The van der Waals surface area contributed by atoms with Crippen molar-refractivity contribution in [3.8, 4) is 22.6 Å². The first kappa shape index (κ1) is 41.1. The highest BCUT2D eigenvalue weighted by atomic mass is 32.1. The molecule has 5 aromatic rings. The van der Waals surface area contributed by atoms with Crippen molar-refractivity contribution in [2.75, 3.05) is 59.4 Å². The number of fused-ring (bicyclic) bond motifs is 2. The van der Waals surface area contributed by atoms with Gasteiger partial charge in [0.05, 0.1) is 42.6 Å². The van der Waals surface area contributed by atoms with E-state index < -0.39 is 42.1 Å². The van der Waals surface area contributed by atoms with E-state index in [9.17, 15) is 24.0 Å². The zero-order valence-corrected chi connectivity index (χ0v) is 34.8. The van der Waals surface area contributed by atoms with Crippen LogP contribution in [0.25, 0.3) is 26.9 Å². The summed E-state index contributed by atoms with van der Waals surface area (Å²) >= 11 is 1.09. The van der Waals surface area contributed by atoms with E-state index in [1.807, 2.05) is 36.0 Å². The average Bonchev–Trinajstić information content (AvgIpc) is 3.81. The van der Waals surface area contributed by atoms with Gasteiger partial charge in [0, 0.05) is 80.1 Å². The molecule has 3 amide bonds. The van der Waals surface area contributed by atoms with Gasteiger partial charge in [0.15, 0.2) is 5.65 Å². The summed E-state index contributed by atoms with van der Waals surface area (Å²) in [4.78, 5) is 70.1. The molecule has 0 radical (unpaired) electrons. The van der Waals surface area contributed by atoms with Crippen LogP contribution in [-0.4, -0.2) is 119 Å². The van der Waals surface area contributed by atoms with Gasteiger partial charge in [-0.25, -0.2) is 13.6 Å². The maximum absolute atomic E-state index is 15.9. The van der Waals surface area contributed by atoms with E-state index in [-0.39, 0.29) is 41.6 Å². The number of ether oxygens (including phenoxy) is 2. The number of alkyl halides is 2. The molecular formula is C41H47F2N9O7S. The minimum atomic E-state index is -3.20. The number of imide groups is 1. The lowest BCUT2D eigenvalue weighted by atomic mass is 9.95. The largest absolute Gasteiger partial charge is 0.496 e. The summed E-state index contributed by atoms with van der Waals surface area (Å²) in [6.45, 7) is 1.63. The van der Waals surface area contributed by atoms with Gasteiger partial charge >= 0.3 is 5.69 Å². The van der Waals surface area contributed by atoms with Crippen molar-refractivity contribution < 1.29 is 32.6 Å². The summed E-state index contributed by atoms with van der Waals surface area (Å²) < 4.78 is 47.7. The number of carbonyl (C=O) groups is 3. The highest BCUT2D eigenvalue weighted by Gasteiger charge is 2.47. The molecule has 7 heterocycles. The molecule has 8 rings (SSSR count). The predicted octanol–water partition coefficient (Wildman–Crippen LogP) is 3.24. The molecule has 60 heavy (non-hydrogen) atoms. The van der Waals surface area contributed by atoms with Crippen molar-refractivity contribution in [2.24, 2.45) is 7.05 Å². The maximum atomic E-state index is 15.9. The van der Waals surface area contributed by atoms with Crippen molar-refractivity contribution in [1.29, 1.82) is 0 Å². The molecular weight excluding hydrogens is 801 g/mol. The Hall–Kier alpha value is -5.66. The number of amides is 3. The first-order valence-electron chi connectivity index (χ1n) is 19.8. The Balaban J connectivity index is 0.928. The molecule has 3 saturated heterocycles. The second kappa shape index (κ2) is 16.1. The van der Waals surface area contributed by atoms with Crippen molar-refractivity contribution in [3.05, 3.63) is 74.0 Å². The molecule has 2 atom stereocenters. The summed E-state index contributed by atoms with van der Waals surface area (Å²) in [6.07, 6.45) is 4.92. The fourth-order valence-corrected chi connectivity index (χ4v) is 9.73. The molecule has 1 aromatic carbocycles. The van der Waals surface area contributed by atoms with Gasteiger partial charge < -0.3 is 29.2 Å². The molecule has 2 N–H and O–H groups in total. The number of halogens is 2. The van der Waals surface area contributed by atoms with Crippen molar-refractivity contribution in [2.45, 2.75) is 62.7 Å². The molecule has 19 heteroatoms. The fraction of sp³-hybridized carbons (Fsp3) is 0.463. The number of benzene rings is 1. The van der Waals surface area contributed by atoms with Gasteiger partial charge in [-0.2, -0.15) is 4.68 Å². The Morgan fingerprint density at radius 2 is 1.73 bits per heavy atom. The summed E-state index contributed by atoms with van der Waals surface area (Å²) in [5, 5.41) is 9.57. The Morgan fingerprint density at radius 3 is 2.38 bits per heavy atom. The number of rotatable bonds is 10. The zero-order valence-electron chi connectivity index (χ0n) is 34.0. The van der Waals surface area contributed by atoms with Crippen molar-refractivity contribution in [1.82, 2.24) is 39.2 Å². The molecule has 0 spiro atoms. The van der Waals surface area contributed by atoms with E-state index in [4.69, 9.17) is 9.47 Å². The highest BCUT2D eigenvalue weighted by Crippen LogP contribution is 2.40. The van der Waals surface area contributed by atoms with Gasteiger partial charge in [0.2, 0.25) is 5.91 Å². The number of aromatic nitrogens is 4. The van der Waals surface area contributed by atoms with Crippen LogP contribution in [0.2, 0.25) is 0 Å². The monoisotopic (exact) mass is 847 g/mol. The van der Waals surface area contributed by atoms with Crippen molar-refractivity contribution in [3.63, 3.8) is 0 Å². The molecule has 3 aliphatic rings. The van der Waals surface area contributed by atoms with Gasteiger partial charge in [-0.1, -0.05) is 0 Å². The van der Waals surface area contributed by atoms with Gasteiger partial charge in [0.1, 0.15) is 17.5 Å². The molecule has 0 bridgehead atoms. The molecule has 2 unspecified atom stereocenters. The average molecular weight is 848 g/mol. The number of nitrogens with one attached hydrogen (secondary N) is 2. The van der Waals surface area contributed by atoms with E-state index in [1.165, 1.54) is 15.0 Å². The van der Waals surface area contributed by atoms with Crippen LogP contribution >= 0.6 is 11.3 Å². The van der Waals surface area contributed by atoms with Gasteiger partial charge in [-0.05, 0) is 69.6 Å². The zero-order chi connectivity index (χ0) is 42.6. The van der Waals surface area contributed by atoms with E-state index in [0.717, 1.165) is 27.3 Å². The minimum Gasteiger partial charge on any atom is -0.496 e. The Morgan fingerprint density at radius 1 is 1.02 bits per heavy atom. The number of piperidine rings is 3. The second-order valence-electron chi connectivity index (χ2n) is 16.0. The topological polar surface area (TPSA) is 165 Å². The second-order valence-corrected chi connectivity index (χ2v) is 17.0. The summed E-state index contributed by atoms with van der Waals surface area (Å²) in [5.74, 6) is -3.60. The van der Waals surface area contributed by atoms with Crippen LogP contribution in [0.5, 0.6) is 11.5 Å². The third kappa shape index (κ3) is 7.64. The molecule has 4 aromatic heterocycles. The number of hydrogen-bond donors (Lipinski definition) is 2. The summed E-state index contributed by atoms with van der Waals surface area (Å²) in [5.41, 5.74) is 2.62. The first-order chi connectivity index (χ1) is 28.6. The lowest BCUT2D eigenvalue weighted by Gasteiger charge is -2.45. The van der Waals surface area contributed by atoms with Gasteiger partial charge in [-0.15, -0.1) is 16.4 Å². The third-order valence-electron chi connectivity index (χ3n) is 11.8. The number of aryl methyl sites for hydroxylation is 1. The molecule has 3 fully saturated rings. The Kier molecular flexibility index (Phi) is 11.0. The number of methoxy groups -OCH3 is 2. The summed E-state index contributed by atoms with van der Waals surface area (Å²) in [7, 11) is 8.65. The summed E-state index contributed by atoms with van der Waals surface area (Å²) in [6, 6.07) is 6.42. The van der Waals surface area contributed by atoms with Crippen LogP contribution < -0.4 is 36.3 Å². The highest BCUT2D eigenvalue weighted by molar-refractivity contribution is 7.21. The first-order valence-corrected chi connectivity index (χ1v) is 20.6. The molecule has 3 aliphatic heterocycles. The Bertz CT molecular complexity index is 2600. The number of thiophene rings is 1. The quantitative estimate of drug-likeness (QED) is 0.199. The number of hydrogen-bond acceptors (Lipinski definition) is 12. The SMILES string of the molecule is COc1cc(-c2cn(C)c(=O)c3cc(C(=O)NC4CCN(C5CCN(c6ccn7c(=O)n(C8CCC(=O)NC8=O)nc7c6)CC5)CC4(F)F)sc23)cc(OC)c1CN(C)C. The van der Waals surface area contributed by atoms with E-state index >= 15 is 8.78 Å². The van der Waals surface area contributed by atoms with Crippen LogP contribution in [0, 0.1) is 0 Å². The van der Waals surface area contributed by atoms with Crippen LogP contribution in [0.15, 0.2) is 52.3 Å². The van der Waals surface area contributed by atoms with Crippen LogP contribution in [-0.2, 0) is 23.2 Å². The van der Waals surface area contributed by atoms with Gasteiger partial charge in [0.25, 0.3) is 23.3 Å². The molecule has 16 nitrogen and oxygen atoms in total. The minimum absolute atomic E-state index is 0.0526. The Labute approximate surface area is 347 Å².